The number of likely N-dealkylation sites (N-methyl/N-ethyl adjacent to an activating group) is 1. The molecule has 0 aliphatic heterocycles. The lowest BCUT2D eigenvalue weighted by atomic mass is 10.2. The number of thiophene rings is 2. The molecule has 0 radical (unpaired) electrons. The van der Waals surface area contributed by atoms with Crippen molar-refractivity contribution in [2.75, 3.05) is 13.6 Å². The third-order valence-corrected chi connectivity index (χ3v) is 5.10. The molecular formula is C13H14BrNOS2. The number of hydrogen-bond donors (Lipinski definition) is 0. The lowest BCUT2D eigenvalue weighted by Gasteiger charge is -2.14. The second-order valence-corrected chi connectivity index (χ2v) is 7.84. The molecule has 2 aromatic rings. The largest absolute Gasteiger partial charge is 0.295 e. The maximum Gasteiger partial charge on any atom is 0.186 e. The van der Waals surface area contributed by atoms with E-state index in [-0.39, 0.29) is 5.78 Å². The van der Waals surface area contributed by atoms with Crippen molar-refractivity contribution < 1.29 is 4.79 Å². The van der Waals surface area contributed by atoms with Crippen molar-refractivity contribution in [3.8, 4) is 0 Å². The fourth-order valence-corrected chi connectivity index (χ4v) is 3.70. The zero-order valence-electron chi connectivity index (χ0n) is 10.3. The van der Waals surface area contributed by atoms with Gasteiger partial charge < -0.3 is 0 Å². The van der Waals surface area contributed by atoms with E-state index in [0.717, 1.165) is 15.2 Å². The Labute approximate surface area is 123 Å². The number of aryl methyl sites for hydroxylation is 1. The Hall–Kier alpha value is -0.490. The van der Waals surface area contributed by atoms with Crippen molar-refractivity contribution >= 4 is 44.4 Å². The first-order chi connectivity index (χ1) is 8.54. The monoisotopic (exact) mass is 343 g/mol. The Morgan fingerprint density at radius 1 is 1.44 bits per heavy atom. The summed E-state index contributed by atoms with van der Waals surface area (Å²) < 4.78 is 1.13. The zero-order valence-corrected chi connectivity index (χ0v) is 13.5. The molecule has 2 aromatic heterocycles. The molecule has 0 spiro atoms. The molecule has 0 unspecified atom stereocenters. The third kappa shape index (κ3) is 3.75. The van der Waals surface area contributed by atoms with E-state index in [0.29, 0.717) is 6.54 Å². The number of carbonyl (C=O) groups is 1. The number of rotatable bonds is 5. The van der Waals surface area contributed by atoms with Crippen molar-refractivity contribution in [1.82, 2.24) is 4.90 Å². The summed E-state index contributed by atoms with van der Waals surface area (Å²) in [6.07, 6.45) is 0. The van der Waals surface area contributed by atoms with Crippen molar-refractivity contribution in [1.29, 1.82) is 0 Å². The second-order valence-electron chi connectivity index (χ2n) is 4.26. The summed E-state index contributed by atoms with van der Waals surface area (Å²) in [6.45, 7) is 3.29. The molecule has 18 heavy (non-hydrogen) atoms. The fourth-order valence-electron chi connectivity index (χ4n) is 1.70. The molecule has 0 aliphatic carbocycles. The summed E-state index contributed by atoms with van der Waals surface area (Å²) in [4.78, 5) is 16.1. The number of hydrogen-bond acceptors (Lipinski definition) is 4. The van der Waals surface area contributed by atoms with Crippen LogP contribution in [0.4, 0.5) is 0 Å². The van der Waals surface area contributed by atoms with Crippen LogP contribution in [0.25, 0.3) is 0 Å². The molecule has 2 heterocycles. The van der Waals surface area contributed by atoms with Gasteiger partial charge in [-0.2, -0.15) is 0 Å². The van der Waals surface area contributed by atoms with Crippen LogP contribution in [0.2, 0.25) is 0 Å². The lowest BCUT2D eigenvalue weighted by molar-refractivity contribution is 0.0947. The van der Waals surface area contributed by atoms with Crippen molar-refractivity contribution in [2.24, 2.45) is 0 Å². The van der Waals surface area contributed by atoms with Gasteiger partial charge in [0.05, 0.1) is 15.2 Å². The molecule has 0 aliphatic rings. The number of nitrogens with zero attached hydrogens (tertiary/aromatic N) is 1. The highest BCUT2D eigenvalue weighted by molar-refractivity contribution is 9.11. The fraction of sp³-hybridized carbons (Fsp3) is 0.308. The topological polar surface area (TPSA) is 20.3 Å². The van der Waals surface area contributed by atoms with Gasteiger partial charge in [-0.15, -0.1) is 22.7 Å². The van der Waals surface area contributed by atoms with Crippen LogP contribution in [-0.4, -0.2) is 24.3 Å². The molecule has 2 rings (SSSR count). The van der Waals surface area contributed by atoms with Crippen LogP contribution in [0, 0.1) is 6.92 Å². The van der Waals surface area contributed by atoms with Crippen LogP contribution >= 0.6 is 38.6 Å². The maximum atomic E-state index is 12.0. The minimum Gasteiger partial charge on any atom is -0.295 e. The summed E-state index contributed by atoms with van der Waals surface area (Å²) in [6, 6.07) is 6.01. The first-order valence-corrected chi connectivity index (χ1v) is 8.04. The SMILES string of the molecule is Cc1ccc(C(=O)CN(C)Cc2csc(Br)c2)s1. The van der Waals surface area contributed by atoms with E-state index in [4.69, 9.17) is 0 Å². The maximum absolute atomic E-state index is 12.0. The Morgan fingerprint density at radius 2 is 2.22 bits per heavy atom. The van der Waals surface area contributed by atoms with Crippen LogP contribution in [0.1, 0.15) is 20.1 Å². The Kier molecular flexibility index (Phi) is 4.72. The van der Waals surface area contributed by atoms with Gasteiger partial charge in [0, 0.05) is 11.4 Å². The minimum atomic E-state index is 0.199. The van der Waals surface area contributed by atoms with E-state index in [9.17, 15) is 4.79 Å². The molecule has 0 fully saturated rings. The molecule has 5 heteroatoms. The van der Waals surface area contributed by atoms with Gasteiger partial charge in [0.2, 0.25) is 0 Å². The molecule has 0 amide bonds. The highest BCUT2D eigenvalue weighted by Gasteiger charge is 2.11. The summed E-state index contributed by atoms with van der Waals surface area (Å²) >= 11 is 6.69. The van der Waals surface area contributed by atoms with Gasteiger partial charge in [0.25, 0.3) is 0 Å². The number of Topliss-reactive ketones (excluding diaryl/α,β-unsaturated/α-hetero) is 1. The standard InChI is InChI=1S/C13H14BrNOS2/c1-9-3-4-12(18-9)11(16)7-15(2)6-10-5-13(14)17-8-10/h3-5,8H,6-7H2,1-2H3. The van der Waals surface area contributed by atoms with Crippen LogP contribution in [0.3, 0.4) is 0 Å². The Balaban J connectivity index is 1.91. The van der Waals surface area contributed by atoms with Crippen LogP contribution < -0.4 is 0 Å². The van der Waals surface area contributed by atoms with Crippen LogP contribution in [0.15, 0.2) is 27.4 Å². The first-order valence-electron chi connectivity index (χ1n) is 5.55. The van der Waals surface area contributed by atoms with Gasteiger partial charge >= 0.3 is 0 Å². The molecule has 0 aromatic carbocycles. The quantitative estimate of drug-likeness (QED) is 0.758. The second kappa shape index (κ2) is 6.10. The van der Waals surface area contributed by atoms with Gasteiger partial charge in [0.15, 0.2) is 5.78 Å². The Bertz CT molecular complexity index is 547. The van der Waals surface area contributed by atoms with Crippen molar-refractivity contribution in [3.63, 3.8) is 0 Å². The van der Waals surface area contributed by atoms with Gasteiger partial charge in [-0.3, -0.25) is 9.69 Å². The molecular weight excluding hydrogens is 330 g/mol. The highest BCUT2D eigenvalue weighted by atomic mass is 79.9. The lowest BCUT2D eigenvalue weighted by Crippen LogP contribution is -2.24. The average Bonchev–Trinajstić information content (AvgIpc) is 2.87. The Morgan fingerprint density at radius 3 is 2.78 bits per heavy atom. The van der Waals surface area contributed by atoms with Crippen molar-refractivity contribution in [3.05, 3.63) is 42.7 Å². The predicted molar refractivity (Wildman–Crippen MR) is 81.7 cm³/mol. The van der Waals surface area contributed by atoms with E-state index < -0.39 is 0 Å². The number of ketones is 1. The molecule has 0 saturated carbocycles. The summed E-state index contributed by atoms with van der Waals surface area (Å²) in [5.74, 6) is 0.199. The van der Waals surface area contributed by atoms with Gasteiger partial charge in [-0.05, 0) is 59.0 Å². The van der Waals surface area contributed by atoms with E-state index in [1.807, 2.05) is 31.0 Å². The van der Waals surface area contributed by atoms with E-state index in [2.05, 4.69) is 27.4 Å². The number of carbonyl (C=O) groups excluding carboxylic acids is 1. The summed E-state index contributed by atoms with van der Waals surface area (Å²) in [5.41, 5.74) is 1.24. The van der Waals surface area contributed by atoms with Crippen LogP contribution in [-0.2, 0) is 6.54 Å². The molecule has 96 valence electrons. The van der Waals surface area contributed by atoms with Gasteiger partial charge in [-0.25, -0.2) is 0 Å². The third-order valence-electron chi connectivity index (χ3n) is 2.50. The highest BCUT2D eigenvalue weighted by Crippen LogP contribution is 2.22. The summed E-state index contributed by atoms with van der Waals surface area (Å²) in [5, 5.41) is 2.11. The normalized spacial score (nSPS) is 11.1. The molecule has 0 saturated heterocycles. The number of halogens is 1. The van der Waals surface area contributed by atoms with Crippen molar-refractivity contribution in [2.45, 2.75) is 13.5 Å². The molecule has 0 N–H and O–H groups in total. The molecule has 2 nitrogen and oxygen atoms in total. The van der Waals surface area contributed by atoms with Gasteiger partial charge in [0.1, 0.15) is 0 Å². The predicted octanol–water partition coefficient (Wildman–Crippen LogP) is 4.20. The summed E-state index contributed by atoms with van der Waals surface area (Å²) in [7, 11) is 1.98. The van der Waals surface area contributed by atoms with E-state index >= 15 is 0 Å². The molecule has 0 bridgehead atoms. The van der Waals surface area contributed by atoms with E-state index in [1.54, 1.807) is 22.7 Å². The zero-order chi connectivity index (χ0) is 13.1. The van der Waals surface area contributed by atoms with Crippen LogP contribution in [0.5, 0.6) is 0 Å². The molecule has 0 atom stereocenters. The minimum absolute atomic E-state index is 0.199. The van der Waals surface area contributed by atoms with E-state index in [1.165, 1.54) is 10.4 Å². The first kappa shape index (κ1) is 13.9. The average molecular weight is 344 g/mol. The smallest absolute Gasteiger partial charge is 0.186 e. The van der Waals surface area contributed by atoms with Gasteiger partial charge in [-0.1, -0.05) is 0 Å².